The number of hydrogen-bond acceptors (Lipinski definition) is 5. The number of nitrogens with zero attached hydrogens (tertiary/aromatic N) is 3. The second kappa shape index (κ2) is 7.72. The summed E-state index contributed by atoms with van der Waals surface area (Å²) in [6.45, 7) is 1.36. The third-order valence-electron chi connectivity index (χ3n) is 4.12. The first-order chi connectivity index (χ1) is 12.7. The first kappa shape index (κ1) is 17.4. The molecule has 0 N–H and O–H groups in total. The van der Waals surface area contributed by atoms with Crippen molar-refractivity contribution in [3.63, 3.8) is 0 Å². The Morgan fingerprint density at radius 3 is 2.62 bits per heavy atom. The zero-order valence-electron chi connectivity index (χ0n) is 14.3. The van der Waals surface area contributed by atoms with E-state index in [0.717, 1.165) is 44.7 Å². The van der Waals surface area contributed by atoms with Gasteiger partial charge in [-0.05, 0) is 35.9 Å². The average molecular weight is 432 g/mol. The molecule has 7 heteroatoms. The number of ether oxygens (including phenoxy) is 2. The number of thioether (sulfide) groups is 1. The zero-order chi connectivity index (χ0) is 17.9. The molecule has 0 saturated carbocycles. The van der Waals surface area contributed by atoms with Crippen molar-refractivity contribution in [1.82, 2.24) is 14.8 Å². The van der Waals surface area contributed by atoms with E-state index in [1.54, 1.807) is 11.8 Å². The SMILES string of the molecule is Cn1c(SCc2ccc(Br)cc2)nnc1-c1ccc2c(c1)OCCCO2. The van der Waals surface area contributed by atoms with Gasteiger partial charge in [-0.2, -0.15) is 0 Å². The van der Waals surface area contributed by atoms with Crippen molar-refractivity contribution in [1.29, 1.82) is 0 Å². The second-order valence-corrected chi connectivity index (χ2v) is 7.85. The Hall–Kier alpha value is -1.99. The molecular formula is C19H18BrN3O2S. The fourth-order valence-electron chi connectivity index (χ4n) is 2.72. The van der Waals surface area contributed by atoms with Crippen LogP contribution < -0.4 is 9.47 Å². The molecule has 1 aliphatic heterocycles. The molecule has 26 heavy (non-hydrogen) atoms. The highest BCUT2D eigenvalue weighted by molar-refractivity contribution is 9.10. The van der Waals surface area contributed by atoms with Crippen LogP contribution in [-0.4, -0.2) is 28.0 Å². The molecule has 134 valence electrons. The Kier molecular flexibility index (Phi) is 5.17. The summed E-state index contributed by atoms with van der Waals surface area (Å²) in [5, 5.41) is 9.61. The zero-order valence-corrected chi connectivity index (χ0v) is 16.7. The minimum Gasteiger partial charge on any atom is -0.490 e. The van der Waals surface area contributed by atoms with Crippen molar-refractivity contribution in [3.8, 4) is 22.9 Å². The lowest BCUT2D eigenvalue weighted by molar-refractivity contribution is 0.297. The first-order valence-electron chi connectivity index (χ1n) is 8.37. The molecule has 1 aliphatic rings. The smallest absolute Gasteiger partial charge is 0.191 e. The molecule has 0 fully saturated rings. The van der Waals surface area contributed by atoms with Gasteiger partial charge in [-0.15, -0.1) is 10.2 Å². The van der Waals surface area contributed by atoms with E-state index < -0.39 is 0 Å². The number of hydrogen-bond donors (Lipinski definition) is 0. The average Bonchev–Trinajstić information content (AvgIpc) is 2.87. The van der Waals surface area contributed by atoms with Gasteiger partial charge in [0.15, 0.2) is 22.5 Å². The monoisotopic (exact) mass is 431 g/mol. The predicted molar refractivity (Wildman–Crippen MR) is 106 cm³/mol. The molecule has 2 aromatic carbocycles. The molecule has 0 bridgehead atoms. The van der Waals surface area contributed by atoms with Crippen molar-refractivity contribution >= 4 is 27.7 Å². The van der Waals surface area contributed by atoms with Crippen molar-refractivity contribution < 1.29 is 9.47 Å². The summed E-state index contributed by atoms with van der Waals surface area (Å²) in [4.78, 5) is 0. The molecule has 0 unspecified atom stereocenters. The van der Waals surface area contributed by atoms with Crippen LogP contribution in [0.4, 0.5) is 0 Å². The first-order valence-corrected chi connectivity index (χ1v) is 10.2. The number of fused-ring (bicyclic) bond motifs is 1. The van der Waals surface area contributed by atoms with Crippen LogP contribution in [0.25, 0.3) is 11.4 Å². The third-order valence-corrected chi connectivity index (χ3v) is 5.74. The van der Waals surface area contributed by atoms with Crippen LogP contribution in [0.15, 0.2) is 52.1 Å². The van der Waals surface area contributed by atoms with Crippen LogP contribution in [0.1, 0.15) is 12.0 Å². The Labute approximate surface area is 164 Å². The molecule has 0 saturated heterocycles. The summed E-state index contributed by atoms with van der Waals surface area (Å²) < 4.78 is 14.6. The summed E-state index contributed by atoms with van der Waals surface area (Å²) in [5.41, 5.74) is 2.22. The van der Waals surface area contributed by atoms with Gasteiger partial charge in [0.05, 0.1) is 13.2 Å². The van der Waals surface area contributed by atoms with E-state index in [4.69, 9.17) is 9.47 Å². The summed E-state index contributed by atoms with van der Waals surface area (Å²) in [7, 11) is 1.99. The van der Waals surface area contributed by atoms with E-state index >= 15 is 0 Å². The lowest BCUT2D eigenvalue weighted by atomic mass is 10.2. The minimum absolute atomic E-state index is 0.670. The van der Waals surface area contributed by atoms with Crippen LogP contribution in [0.2, 0.25) is 0 Å². The molecule has 0 amide bonds. The molecular weight excluding hydrogens is 414 g/mol. The van der Waals surface area contributed by atoms with E-state index in [9.17, 15) is 0 Å². The van der Waals surface area contributed by atoms with Gasteiger partial charge in [-0.1, -0.05) is 39.8 Å². The molecule has 0 spiro atoms. The largest absolute Gasteiger partial charge is 0.490 e. The van der Waals surface area contributed by atoms with E-state index in [2.05, 4.69) is 50.4 Å². The Morgan fingerprint density at radius 1 is 1.04 bits per heavy atom. The van der Waals surface area contributed by atoms with Crippen molar-refractivity contribution in [3.05, 3.63) is 52.5 Å². The predicted octanol–water partition coefficient (Wildman–Crippen LogP) is 4.70. The maximum absolute atomic E-state index is 5.78. The summed E-state index contributed by atoms with van der Waals surface area (Å²) in [6.07, 6.45) is 0.894. The van der Waals surface area contributed by atoms with E-state index in [0.29, 0.717) is 13.2 Å². The summed E-state index contributed by atoms with van der Waals surface area (Å²) >= 11 is 5.13. The number of benzene rings is 2. The van der Waals surface area contributed by atoms with Gasteiger partial charge >= 0.3 is 0 Å². The van der Waals surface area contributed by atoms with Gasteiger partial charge in [0.25, 0.3) is 0 Å². The maximum atomic E-state index is 5.78. The van der Waals surface area contributed by atoms with Crippen LogP contribution in [0.5, 0.6) is 11.5 Å². The third kappa shape index (κ3) is 3.73. The van der Waals surface area contributed by atoms with Crippen LogP contribution in [0, 0.1) is 0 Å². The highest BCUT2D eigenvalue weighted by Gasteiger charge is 2.16. The van der Waals surface area contributed by atoms with Crippen molar-refractivity contribution in [2.24, 2.45) is 7.05 Å². The van der Waals surface area contributed by atoms with Crippen LogP contribution in [-0.2, 0) is 12.8 Å². The number of aromatic nitrogens is 3. The number of rotatable bonds is 4. The van der Waals surface area contributed by atoms with Gasteiger partial charge in [0.2, 0.25) is 0 Å². The lowest BCUT2D eigenvalue weighted by Crippen LogP contribution is -1.97. The van der Waals surface area contributed by atoms with Gasteiger partial charge in [-0.25, -0.2) is 0 Å². The van der Waals surface area contributed by atoms with Gasteiger partial charge in [0.1, 0.15) is 0 Å². The molecule has 0 aliphatic carbocycles. The topological polar surface area (TPSA) is 49.2 Å². The molecule has 0 radical (unpaired) electrons. The van der Waals surface area contributed by atoms with E-state index in [1.807, 2.05) is 29.8 Å². The highest BCUT2D eigenvalue weighted by Crippen LogP contribution is 2.34. The second-order valence-electron chi connectivity index (χ2n) is 5.99. The van der Waals surface area contributed by atoms with Crippen molar-refractivity contribution in [2.75, 3.05) is 13.2 Å². The normalized spacial score (nSPS) is 13.5. The lowest BCUT2D eigenvalue weighted by Gasteiger charge is -2.09. The Morgan fingerprint density at radius 2 is 1.81 bits per heavy atom. The minimum atomic E-state index is 0.670. The van der Waals surface area contributed by atoms with Gasteiger partial charge < -0.3 is 14.0 Å². The highest BCUT2D eigenvalue weighted by atomic mass is 79.9. The molecule has 5 nitrogen and oxygen atoms in total. The fourth-order valence-corrected chi connectivity index (χ4v) is 3.85. The van der Waals surface area contributed by atoms with Gasteiger partial charge in [-0.3, -0.25) is 0 Å². The Balaban J connectivity index is 1.53. The summed E-state index contributed by atoms with van der Waals surface area (Å²) in [6, 6.07) is 14.2. The number of halogens is 1. The fraction of sp³-hybridized carbons (Fsp3) is 0.263. The molecule has 4 rings (SSSR count). The van der Waals surface area contributed by atoms with E-state index in [-0.39, 0.29) is 0 Å². The summed E-state index contributed by atoms with van der Waals surface area (Å²) in [5.74, 6) is 3.23. The molecule has 3 aromatic rings. The van der Waals surface area contributed by atoms with Crippen molar-refractivity contribution in [2.45, 2.75) is 17.3 Å². The van der Waals surface area contributed by atoms with Gasteiger partial charge in [0, 0.05) is 29.3 Å². The Bertz CT molecular complexity index is 912. The maximum Gasteiger partial charge on any atom is 0.191 e. The standard InChI is InChI=1S/C19H18BrN3O2S/c1-23-18(14-5-8-16-17(11-14)25-10-2-9-24-16)21-22-19(23)26-12-13-3-6-15(20)7-4-13/h3-8,11H,2,9-10,12H2,1H3. The van der Waals surface area contributed by atoms with Crippen LogP contribution >= 0.6 is 27.7 Å². The quantitative estimate of drug-likeness (QED) is 0.560. The molecule has 2 heterocycles. The molecule has 0 atom stereocenters. The van der Waals surface area contributed by atoms with Crippen LogP contribution in [0.3, 0.4) is 0 Å². The van der Waals surface area contributed by atoms with E-state index in [1.165, 1.54) is 5.56 Å². The molecule has 1 aromatic heterocycles.